The van der Waals surface area contributed by atoms with Gasteiger partial charge < -0.3 is 20.3 Å². The van der Waals surface area contributed by atoms with Crippen LogP contribution in [-0.2, 0) is 0 Å². The lowest BCUT2D eigenvalue weighted by Crippen LogP contribution is -2.39. The van der Waals surface area contributed by atoms with E-state index in [4.69, 9.17) is 4.74 Å². The van der Waals surface area contributed by atoms with Crippen LogP contribution in [0.1, 0.15) is 51.1 Å². The molecule has 0 aliphatic heterocycles. The number of guanidine groups is 1. The molecule has 2 N–H and O–H groups in total. The lowest BCUT2D eigenvalue weighted by Gasteiger charge is -2.23. The van der Waals surface area contributed by atoms with E-state index in [1.165, 1.54) is 38.9 Å². The van der Waals surface area contributed by atoms with Gasteiger partial charge in [0.15, 0.2) is 17.5 Å². The van der Waals surface area contributed by atoms with Crippen molar-refractivity contribution in [1.29, 1.82) is 0 Å². The zero-order valence-electron chi connectivity index (χ0n) is 16.9. The summed E-state index contributed by atoms with van der Waals surface area (Å²) >= 11 is 0. The molecule has 0 spiro atoms. The molecule has 0 aromatic heterocycles. The quantitative estimate of drug-likeness (QED) is 0.328. The Balaban J connectivity index is 0.00000364. The molecular weight excluding hydrogens is 458 g/mol. The summed E-state index contributed by atoms with van der Waals surface area (Å²) < 4.78 is 18.9. The fourth-order valence-corrected chi connectivity index (χ4v) is 3.41. The first-order chi connectivity index (χ1) is 12.5. The lowest BCUT2D eigenvalue weighted by molar-refractivity contribution is 0.252. The van der Waals surface area contributed by atoms with E-state index in [1.54, 1.807) is 6.07 Å². The number of nitrogens with one attached hydrogen (secondary N) is 2. The lowest BCUT2D eigenvalue weighted by atomic mass is 10.1. The van der Waals surface area contributed by atoms with Crippen LogP contribution in [0, 0.1) is 5.82 Å². The predicted octanol–water partition coefficient (Wildman–Crippen LogP) is 3.94. The molecule has 0 bridgehead atoms. The van der Waals surface area contributed by atoms with Gasteiger partial charge in [0, 0.05) is 19.1 Å². The highest BCUT2D eigenvalue weighted by Gasteiger charge is 2.18. The number of likely N-dealkylation sites (N-methyl/N-ethyl adjacent to an activating group) is 1. The van der Waals surface area contributed by atoms with Crippen LogP contribution in [0.2, 0.25) is 0 Å². The first-order valence-corrected chi connectivity index (χ1v) is 9.63. The van der Waals surface area contributed by atoms with Gasteiger partial charge in [0.2, 0.25) is 0 Å². The van der Waals surface area contributed by atoms with Gasteiger partial charge in [-0.2, -0.15) is 0 Å². The Morgan fingerprint density at radius 1 is 1.37 bits per heavy atom. The van der Waals surface area contributed by atoms with Crippen molar-refractivity contribution in [2.24, 2.45) is 4.99 Å². The Hall–Kier alpha value is -1.09. The molecule has 1 aliphatic rings. The topological polar surface area (TPSA) is 48.9 Å². The van der Waals surface area contributed by atoms with E-state index >= 15 is 0 Å². The SMILES string of the molecule is CCNC(=NCCN(C)C1CCCC1)NC(C)c1ccc(OC)c(F)c1.I. The van der Waals surface area contributed by atoms with Crippen molar-refractivity contribution in [3.05, 3.63) is 29.6 Å². The van der Waals surface area contributed by atoms with E-state index in [-0.39, 0.29) is 41.6 Å². The second kappa shape index (κ2) is 12.4. The van der Waals surface area contributed by atoms with Gasteiger partial charge in [-0.05, 0) is 51.4 Å². The maximum Gasteiger partial charge on any atom is 0.191 e. The number of methoxy groups -OCH3 is 1. The van der Waals surface area contributed by atoms with Crippen molar-refractivity contribution >= 4 is 29.9 Å². The Morgan fingerprint density at radius 3 is 2.67 bits per heavy atom. The molecule has 1 aliphatic carbocycles. The van der Waals surface area contributed by atoms with Gasteiger partial charge in [-0.1, -0.05) is 18.9 Å². The number of rotatable bonds is 8. The highest BCUT2D eigenvalue weighted by atomic mass is 127. The normalized spacial score (nSPS) is 16.1. The van der Waals surface area contributed by atoms with Crippen LogP contribution in [0.5, 0.6) is 5.75 Å². The molecule has 7 heteroatoms. The zero-order valence-corrected chi connectivity index (χ0v) is 19.3. The predicted molar refractivity (Wildman–Crippen MR) is 121 cm³/mol. The summed E-state index contributed by atoms with van der Waals surface area (Å²) in [6, 6.07) is 5.69. The van der Waals surface area contributed by atoms with Crippen LogP contribution in [-0.4, -0.2) is 50.7 Å². The standard InChI is InChI=1S/C20H33FN4O.HI/c1-5-22-20(23-12-13-25(3)17-8-6-7-9-17)24-15(2)16-10-11-19(26-4)18(21)14-16;/h10-11,14-15,17H,5-9,12-13H2,1-4H3,(H2,22,23,24);1H. The molecule has 1 aromatic carbocycles. The summed E-state index contributed by atoms with van der Waals surface area (Å²) in [5.74, 6) is 0.672. The third-order valence-electron chi connectivity index (χ3n) is 5.04. The maximum atomic E-state index is 13.9. The molecule has 1 unspecified atom stereocenters. The van der Waals surface area contributed by atoms with Crippen molar-refractivity contribution < 1.29 is 9.13 Å². The summed E-state index contributed by atoms with van der Waals surface area (Å²) in [4.78, 5) is 7.10. The molecule has 0 amide bonds. The van der Waals surface area contributed by atoms with Crippen molar-refractivity contribution in [1.82, 2.24) is 15.5 Å². The Kier molecular flexibility index (Phi) is 11.0. The van der Waals surface area contributed by atoms with Gasteiger partial charge in [0.05, 0.1) is 19.7 Å². The van der Waals surface area contributed by atoms with E-state index in [2.05, 4.69) is 27.6 Å². The van der Waals surface area contributed by atoms with Crippen LogP contribution >= 0.6 is 24.0 Å². The van der Waals surface area contributed by atoms with E-state index in [9.17, 15) is 4.39 Å². The molecule has 1 aromatic rings. The molecule has 0 radical (unpaired) electrons. The minimum Gasteiger partial charge on any atom is -0.494 e. The third kappa shape index (κ3) is 7.44. The second-order valence-corrected chi connectivity index (χ2v) is 6.94. The summed E-state index contributed by atoms with van der Waals surface area (Å²) in [6.07, 6.45) is 5.30. The highest BCUT2D eigenvalue weighted by molar-refractivity contribution is 14.0. The van der Waals surface area contributed by atoms with Gasteiger partial charge in [0.25, 0.3) is 0 Å². The third-order valence-corrected chi connectivity index (χ3v) is 5.04. The van der Waals surface area contributed by atoms with E-state index in [0.717, 1.165) is 31.2 Å². The summed E-state index contributed by atoms with van der Waals surface area (Å²) in [6.45, 7) is 6.52. The van der Waals surface area contributed by atoms with Crippen LogP contribution < -0.4 is 15.4 Å². The van der Waals surface area contributed by atoms with Gasteiger partial charge in [-0.25, -0.2) is 4.39 Å². The monoisotopic (exact) mass is 492 g/mol. The largest absolute Gasteiger partial charge is 0.494 e. The molecule has 5 nitrogen and oxygen atoms in total. The Labute approximate surface area is 180 Å². The van der Waals surface area contributed by atoms with Crippen LogP contribution in [0.25, 0.3) is 0 Å². The van der Waals surface area contributed by atoms with Crippen LogP contribution in [0.15, 0.2) is 23.2 Å². The maximum absolute atomic E-state index is 13.9. The van der Waals surface area contributed by atoms with Crippen molar-refractivity contribution in [3.8, 4) is 5.75 Å². The number of aliphatic imine (C=N–C) groups is 1. The van der Waals surface area contributed by atoms with Crippen molar-refractivity contribution in [2.75, 3.05) is 33.8 Å². The number of nitrogens with zero attached hydrogens (tertiary/aromatic N) is 2. The number of halogens is 2. The average molecular weight is 492 g/mol. The van der Waals surface area contributed by atoms with E-state index < -0.39 is 0 Å². The van der Waals surface area contributed by atoms with Crippen molar-refractivity contribution in [2.45, 2.75) is 51.6 Å². The van der Waals surface area contributed by atoms with Gasteiger partial charge in [0.1, 0.15) is 0 Å². The first kappa shape index (κ1) is 23.9. The molecule has 27 heavy (non-hydrogen) atoms. The highest BCUT2D eigenvalue weighted by Crippen LogP contribution is 2.22. The Bertz CT molecular complexity index is 593. The number of benzene rings is 1. The fourth-order valence-electron chi connectivity index (χ4n) is 3.41. The summed E-state index contributed by atoms with van der Waals surface area (Å²) in [7, 11) is 3.66. The number of hydrogen-bond acceptors (Lipinski definition) is 3. The van der Waals surface area contributed by atoms with Gasteiger partial charge in [-0.3, -0.25) is 4.99 Å². The molecule has 1 fully saturated rings. The number of ether oxygens (including phenoxy) is 1. The average Bonchev–Trinajstić information content (AvgIpc) is 3.16. The molecule has 1 saturated carbocycles. The minimum absolute atomic E-state index is 0. The van der Waals surface area contributed by atoms with Gasteiger partial charge in [-0.15, -0.1) is 24.0 Å². The first-order valence-electron chi connectivity index (χ1n) is 9.63. The van der Waals surface area contributed by atoms with E-state index in [0.29, 0.717) is 6.04 Å². The zero-order chi connectivity index (χ0) is 18.9. The molecule has 0 saturated heterocycles. The summed E-state index contributed by atoms with van der Waals surface area (Å²) in [5.41, 5.74) is 0.858. The molecular formula is C20H34FIN4O. The van der Waals surface area contributed by atoms with Gasteiger partial charge >= 0.3 is 0 Å². The minimum atomic E-state index is -0.348. The Morgan fingerprint density at radius 2 is 2.07 bits per heavy atom. The number of hydrogen-bond donors (Lipinski definition) is 2. The summed E-state index contributed by atoms with van der Waals surface area (Å²) in [5, 5.41) is 6.62. The second-order valence-electron chi connectivity index (χ2n) is 6.94. The molecule has 154 valence electrons. The van der Waals surface area contributed by atoms with Crippen molar-refractivity contribution in [3.63, 3.8) is 0 Å². The fraction of sp³-hybridized carbons (Fsp3) is 0.650. The van der Waals surface area contributed by atoms with E-state index in [1.807, 2.05) is 19.9 Å². The molecule has 2 rings (SSSR count). The molecule has 0 heterocycles. The smallest absolute Gasteiger partial charge is 0.191 e. The van der Waals surface area contributed by atoms with Crippen LogP contribution in [0.3, 0.4) is 0 Å². The van der Waals surface area contributed by atoms with Crippen LogP contribution in [0.4, 0.5) is 4.39 Å². The molecule has 1 atom stereocenters.